The molecular formula is C22H27NO4S2. The second kappa shape index (κ2) is 7.69. The van der Waals surface area contributed by atoms with Crippen LogP contribution in [0.3, 0.4) is 0 Å². The van der Waals surface area contributed by atoms with E-state index in [0.717, 1.165) is 17.6 Å². The molecule has 5 nitrogen and oxygen atoms in total. The van der Waals surface area contributed by atoms with Crippen LogP contribution in [-0.2, 0) is 20.9 Å². The second-order valence-corrected chi connectivity index (χ2v) is 11.3. The predicted molar refractivity (Wildman–Crippen MR) is 119 cm³/mol. The van der Waals surface area contributed by atoms with E-state index in [0.29, 0.717) is 5.69 Å². The molecule has 0 amide bonds. The molecule has 0 spiro atoms. The van der Waals surface area contributed by atoms with Gasteiger partial charge in [0.15, 0.2) is 5.75 Å². The van der Waals surface area contributed by atoms with Crippen LogP contribution in [0.2, 0.25) is 0 Å². The summed E-state index contributed by atoms with van der Waals surface area (Å²) in [5, 5.41) is 0. The van der Waals surface area contributed by atoms with Crippen molar-refractivity contribution in [3.63, 3.8) is 0 Å². The van der Waals surface area contributed by atoms with E-state index in [1.54, 1.807) is 12.1 Å². The Bertz CT molecular complexity index is 1090. The molecule has 3 rings (SSSR count). The van der Waals surface area contributed by atoms with E-state index in [1.165, 1.54) is 41.6 Å². The van der Waals surface area contributed by atoms with E-state index < -0.39 is 15.5 Å². The minimum atomic E-state index is -3.75. The van der Waals surface area contributed by atoms with Gasteiger partial charge in [-0.15, -0.1) is 0 Å². The Morgan fingerprint density at radius 1 is 0.931 bits per heavy atom. The normalized spacial score (nSPS) is 17.3. The van der Waals surface area contributed by atoms with Crippen LogP contribution in [0.25, 0.3) is 0 Å². The van der Waals surface area contributed by atoms with Crippen molar-refractivity contribution in [2.45, 2.75) is 56.3 Å². The Balaban J connectivity index is 1.82. The second-order valence-electron chi connectivity index (χ2n) is 8.82. The Hall–Kier alpha value is -1.99. The Morgan fingerprint density at radius 3 is 2.21 bits per heavy atom. The highest BCUT2D eigenvalue weighted by molar-refractivity contribution is 8.00. The van der Waals surface area contributed by atoms with Gasteiger partial charge in [0.1, 0.15) is 0 Å². The molecule has 2 aromatic rings. The topological polar surface area (TPSA) is 72.5 Å². The zero-order valence-electron chi connectivity index (χ0n) is 17.4. The third kappa shape index (κ3) is 5.14. The van der Waals surface area contributed by atoms with Gasteiger partial charge in [0.2, 0.25) is 5.43 Å². The molecule has 7 heteroatoms. The summed E-state index contributed by atoms with van der Waals surface area (Å²) < 4.78 is 30.5. The molecule has 0 atom stereocenters. The molecule has 0 aromatic heterocycles. The number of nitrogens with one attached hydrogen (secondary N) is 1. The maximum Gasteiger partial charge on any atom is 0.306 e. The Labute approximate surface area is 177 Å². The summed E-state index contributed by atoms with van der Waals surface area (Å²) in [5.41, 5.74) is 3.28. The van der Waals surface area contributed by atoms with Crippen LogP contribution in [0.4, 0.5) is 5.69 Å². The first-order chi connectivity index (χ1) is 13.4. The fourth-order valence-electron chi connectivity index (χ4n) is 3.60. The van der Waals surface area contributed by atoms with Crippen LogP contribution >= 0.6 is 11.9 Å². The first-order valence-electron chi connectivity index (χ1n) is 9.49. The van der Waals surface area contributed by atoms with E-state index in [2.05, 4.69) is 50.6 Å². The monoisotopic (exact) mass is 433 g/mol. The average molecular weight is 434 g/mol. The highest BCUT2D eigenvalue weighted by atomic mass is 32.2. The summed E-state index contributed by atoms with van der Waals surface area (Å²) in [6.07, 6.45) is 3.24. The van der Waals surface area contributed by atoms with Crippen molar-refractivity contribution in [2.75, 3.05) is 11.0 Å². The largest absolute Gasteiger partial charge is 0.378 e. The van der Waals surface area contributed by atoms with Crippen molar-refractivity contribution in [3.05, 3.63) is 63.8 Å². The smallest absolute Gasteiger partial charge is 0.306 e. The first-order valence-corrected chi connectivity index (χ1v) is 12.1. The highest BCUT2D eigenvalue weighted by Gasteiger charge is 2.36. The molecule has 2 aromatic carbocycles. The Morgan fingerprint density at radius 2 is 1.55 bits per heavy atom. The SMILES string of the molecule is CC1(C)CCC(C)(C)c2cc(SNc3ccc(OS(C)(=O)=O)c(=O)cc3)ccc21. The van der Waals surface area contributed by atoms with Crippen LogP contribution in [0.1, 0.15) is 51.7 Å². The van der Waals surface area contributed by atoms with Gasteiger partial charge in [0.25, 0.3) is 0 Å². The van der Waals surface area contributed by atoms with Gasteiger partial charge < -0.3 is 8.91 Å². The van der Waals surface area contributed by atoms with Gasteiger partial charge in [-0.2, -0.15) is 8.42 Å². The number of benzene rings is 1. The molecule has 0 saturated carbocycles. The lowest BCUT2D eigenvalue weighted by Gasteiger charge is -2.42. The predicted octanol–water partition coefficient (Wildman–Crippen LogP) is 4.85. The minimum Gasteiger partial charge on any atom is -0.378 e. The molecule has 156 valence electrons. The van der Waals surface area contributed by atoms with Crippen LogP contribution in [-0.4, -0.2) is 14.7 Å². The fraction of sp³-hybridized carbons (Fsp3) is 0.409. The van der Waals surface area contributed by atoms with Crippen LogP contribution < -0.4 is 14.3 Å². The number of fused-ring (bicyclic) bond motifs is 1. The molecule has 0 fully saturated rings. The van der Waals surface area contributed by atoms with Crippen molar-refractivity contribution in [1.29, 1.82) is 0 Å². The Kier molecular flexibility index (Phi) is 5.75. The summed E-state index contributed by atoms with van der Waals surface area (Å²) >= 11 is 1.46. The molecule has 0 saturated heterocycles. The van der Waals surface area contributed by atoms with Gasteiger partial charge in [-0.1, -0.05) is 33.8 Å². The number of hydrogen-bond acceptors (Lipinski definition) is 6. The van der Waals surface area contributed by atoms with Crippen molar-refractivity contribution in [2.24, 2.45) is 0 Å². The molecule has 1 N–H and O–H groups in total. The number of hydrogen-bond donors (Lipinski definition) is 1. The van der Waals surface area contributed by atoms with Crippen molar-refractivity contribution in [1.82, 2.24) is 0 Å². The lowest BCUT2D eigenvalue weighted by molar-refractivity contribution is 0.331. The van der Waals surface area contributed by atoms with Crippen LogP contribution in [0, 0.1) is 0 Å². The molecule has 29 heavy (non-hydrogen) atoms. The van der Waals surface area contributed by atoms with Gasteiger partial charge in [0, 0.05) is 10.6 Å². The van der Waals surface area contributed by atoms with E-state index in [1.807, 2.05) is 0 Å². The number of rotatable bonds is 5. The van der Waals surface area contributed by atoms with Crippen molar-refractivity contribution < 1.29 is 12.6 Å². The molecule has 0 aliphatic heterocycles. The zero-order chi connectivity index (χ0) is 21.4. The van der Waals surface area contributed by atoms with Crippen LogP contribution in [0.5, 0.6) is 5.75 Å². The summed E-state index contributed by atoms with van der Waals surface area (Å²) in [6, 6.07) is 12.5. The zero-order valence-corrected chi connectivity index (χ0v) is 19.0. The van der Waals surface area contributed by atoms with E-state index in [4.69, 9.17) is 4.18 Å². The maximum atomic E-state index is 12.0. The summed E-state index contributed by atoms with van der Waals surface area (Å²) in [4.78, 5) is 13.1. The van der Waals surface area contributed by atoms with E-state index in [-0.39, 0.29) is 16.6 Å². The van der Waals surface area contributed by atoms with Crippen LogP contribution in [0.15, 0.2) is 52.2 Å². The quantitative estimate of drug-likeness (QED) is 0.537. The maximum absolute atomic E-state index is 12.0. The third-order valence-electron chi connectivity index (χ3n) is 5.42. The van der Waals surface area contributed by atoms with Gasteiger partial charge in [-0.25, -0.2) is 0 Å². The highest BCUT2D eigenvalue weighted by Crippen LogP contribution is 2.46. The molecule has 0 bridgehead atoms. The van der Waals surface area contributed by atoms with Gasteiger partial charge >= 0.3 is 10.1 Å². The van der Waals surface area contributed by atoms with E-state index in [9.17, 15) is 13.2 Å². The van der Waals surface area contributed by atoms with Crippen molar-refractivity contribution >= 4 is 27.8 Å². The molecule has 1 aliphatic carbocycles. The molecule has 0 heterocycles. The molecule has 0 unspecified atom stereocenters. The third-order valence-corrected chi connectivity index (χ3v) is 6.73. The molecule has 0 radical (unpaired) electrons. The number of anilines is 1. The standard InChI is InChI=1S/C22H27NO4S2/c1-21(2)12-13-22(3,4)18-14-16(8-9-17(18)21)28-23-15-6-10-19(24)20(11-7-15)27-29(5,25)26/h6-11,14,23H,12-13H2,1-5H3. The molecular weight excluding hydrogens is 406 g/mol. The average Bonchev–Trinajstić information content (AvgIpc) is 2.78. The van der Waals surface area contributed by atoms with Gasteiger partial charge in [0.05, 0.1) is 6.26 Å². The van der Waals surface area contributed by atoms with Gasteiger partial charge in [-0.3, -0.25) is 4.79 Å². The van der Waals surface area contributed by atoms with Gasteiger partial charge in [-0.05, 0) is 83.1 Å². The van der Waals surface area contributed by atoms with Crippen molar-refractivity contribution in [3.8, 4) is 5.75 Å². The summed E-state index contributed by atoms with van der Waals surface area (Å²) in [7, 11) is -3.75. The first kappa shape index (κ1) is 21.7. The fourth-order valence-corrected chi connectivity index (χ4v) is 4.75. The van der Waals surface area contributed by atoms with E-state index >= 15 is 0 Å². The minimum absolute atomic E-state index is 0.135. The lowest BCUT2D eigenvalue weighted by Crippen LogP contribution is -2.33. The lowest BCUT2D eigenvalue weighted by atomic mass is 9.63. The summed E-state index contributed by atoms with van der Waals surface area (Å²) in [5.74, 6) is -0.219. The summed E-state index contributed by atoms with van der Waals surface area (Å²) in [6.45, 7) is 9.18. The molecule has 1 aliphatic rings.